The van der Waals surface area contributed by atoms with Crippen molar-refractivity contribution in [1.29, 1.82) is 0 Å². The molecule has 4 rings (SSSR count). The molecule has 0 radical (unpaired) electrons. The Morgan fingerprint density at radius 3 is 2.76 bits per heavy atom. The molecule has 2 heterocycles. The third kappa shape index (κ3) is 4.28. The van der Waals surface area contributed by atoms with Gasteiger partial charge in [-0.1, -0.05) is 12.1 Å². The van der Waals surface area contributed by atoms with E-state index in [9.17, 15) is 4.39 Å². The van der Waals surface area contributed by atoms with Crippen molar-refractivity contribution < 1.29 is 9.13 Å². The summed E-state index contributed by atoms with van der Waals surface area (Å²) in [5.41, 5.74) is 1.50. The van der Waals surface area contributed by atoms with E-state index in [2.05, 4.69) is 32.7 Å². The van der Waals surface area contributed by atoms with Crippen molar-refractivity contribution in [3.8, 4) is 5.75 Å². The van der Waals surface area contributed by atoms with Crippen LogP contribution in [-0.2, 0) is 5.41 Å². The Hall–Kier alpha value is -2.83. The van der Waals surface area contributed by atoms with E-state index in [4.69, 9.17) is 4.74 Å². The number of methoxy groups -OCH3 is 1. The second kappa shape index (κ2) is 8.27. The summed E-state index contributed by atoms with van der Waals surface area (Å²) in [6.45, 7) is 2.32. The standard InChI is InChI=1S/C22H28FN5O/c1-24-21(26-15-22(10-11-22)16-5-7-18(29-2)8-6-16)27-17-9-13-28(14-17)20-19(23)4-3-12-25-20/h3-8,12,17H,9-11,13-15H2,1-2H3,(H2,24,26,27). The number of guanidine groups is 1. The number of hydrogen-bond donors (Lipinski definition) is 2. The molecular weight excluding hydrogens is 369 g/mol. The number of hydrogen-bond acceptors (Lipinski definition) is 4. The average Bonchev–Trinajstić information content (AvgIpc) is 3.41. The van der Waals surface area contributed by atoms with Crippen LogP contribution in [0.5, 0.6) is 5.75 Å². The number of nitrogens with one attached hydrogen (secondary N) is 2. The molecule has 0 amide bonds. The summed E-state index contributed by atoms with van der Waals surface area (Å²) >= 11 is 0. The summed E-state index contributed by atoms with van der Waals surface area (Å²) in [5, 5.41) is 6.97. The summed E-state index contributed by atoms with van der Waals surface area (Å²) in [6.07, 6.45) is 4.88. The molecule has 1 aromatic carbocycles. The highest BCUT2D eigenvalue weighted by molar-refractivity contribution is 5.80. The van der Waals surface area contributed by atoms with Crippen LogP contribution in [0.1, 0.15) is 24.8 Å². The van der Waals surface area contributed by atoms with Crippen LogP contribution in [0.3, 0.4) is 0 Å². The average molecular weight is 397 g/mol. The number of aliphatic imine (C=N–C) groups is 1. The first-order valence-electron chi connectivity index (χ1n) is 10.1. The molecular formula is C22H28FN5O. The second-order valence-corrected chi connectivity index (χ2v) is 7.82. The maximum absolute atomic E-state index is 14.0. The lowest BCUT2D eigenvalue weighted by molar-refractivity contribution is 0.414. The molecule has 2 N–H and O–H groups in total. The number of anilines is 1. The smallest absolute Gasteiger partial charge is 0.191 e. The molecule has 1 saturated heterocycles. The van der Waals surface area contributed by atoms with Crippen LogP contribution in [0.2, 0.25) is 0 Å². The molecule has 0 spiro atoms. The highest BCUT2D eigenvalue weighted by atomic mass is 19.1. The lowest BCUT2D eigenvalue weighted by atomic mass is 9.96. The molecule has 2 aliphatic rings. The van der Waals surface area contributed by atoms with Crippen LogP contribution in [-0.4, -0.2) is 50.8 Å². The predicted octanol–water partition coefficient (Wildman–Crippen LogP) is 2.70. The molecule has 0 bridgehead atoms. The van der Waals surface area contributed by atoms with Gasteiger partial charge in [-0.05, 0) is 49.1 Å². The molecule has 1 atom stereocenters. The van der Waals surface area contributed by atoms with Gasteiger partial charge < -0.3 is 20.3 Å². The Labute approximate surface area is 171 Å². The third-order valence-electron chi connectivity index (χ3n) is 5.94. The van der Waals surface area contributed by atoms with Crippen LogP contribution < -0.4 is 20.3 Å². The van der Waals surface area contributed by atoms with Crippen molar-refractivity contribution >= 4 is 11.8 Å². The number of nitrogens with zero attached hydrogens (tertiary/aromatic N) is 3. The fourth-order valence-electron chi connectivity index (χ4n) is 3.98. The summed E-state index contributed by atoms with van der Waals surface area (Å²) in [7, 11) is 3.47. The van der Waals surface area contributed by atoms with E-state index in [0.29, 0.717) is 12.4 Å². The summed E-state index contributed by atoms with van der Waals surface area (Å²) in [4.78, 5) is 10.6. The first-order chi connectivity index (χ1) is 14.1. The molecule has 1 aromatic heterocycles. The Morgan fingerprint density at radius 2 is 2.10 bits per heavy atom. The molecule has 29 heavy (non-hydrogen) atoms. The van der Waals surface area contributed by atoms with Crippen molar-refractivity contribution in [2.75, 3.05) is 38.7 Å². The van der Waals surface area contributed by atoms with Crippen molar-refractivity contribution in [3.63, 3.8) is 0 Å². The first-order valence-corrected chi connectivity index (χ1v) is 10.1. The predicted molar refractivity (Wildman–Crippen MR) is 113 cm³/mol. The lowest BCUT2D eigenvalue weighted by Crippen LogP contribution is -2.46. The van der Waals surface area contributed by atoms with Gasteiger partial charge in [0.15, 0.2) is 17.6 Å². The van der Waals surface area contributed by atoms with Crippen LogP contribution in [0.25, 0.3) is 0 Å². The third-order valence-corrected chi connectivity index (χ3v) is 5.94. The van der Waals surface area contributed by atoms with E-state index in [1.165, 1.54) is 24.5 Å². The normalized spacial score (nSPS) is 20.4. The Kier molecular flexibility index (Phi) is 5.56. The summed E-state index contributed by atoms with van der Waals surface area (Å²) in [6, 6.07) is 11.6. The maximum atomic E-state index is 14.0. The van der Waals surface area contributed by atoms with Gasteiger partial charge in [0, 0.05) is 44.3 Å². The van der Waals surface area contributed by atoms with Gasteiger partial charge in [0.25, 0.3) is 0 Å². The highest BCUT2D eigenvalue weighted by Gasteiger charge is 2.44. The maximum Gasteiger partial charge on any atom is 0.191 e. The zero-order valence-electron chi connectivity index (χ0n) is 17.0. The fraction of sp³-hybridized carbons (Fsp3) is 0.455. The molecule has 1 aliphatic heterocycles. The molecule has 1 unspecified atom stereocenters. The van der Waals surface area contributed by atoms with Gasteiger partial charge in [0.1, 0.15) is 5.75 Å². The van der Waals surface area contributed by atoms with Gasteiger partial charge in [-0.15, -0.1) is 0 Å². The minimum atomic E-state index is -0.272. The van der Waals surface area contributed by atoms with E-state index in [1.807, 2.05) is 17.0 Å². The molecule has 6 nitrogen and oxygen atoms in total. The Balaban J connectivity index is 1.32. The van der Waals surface area contributed by atoms with Crippen LogP contribution in [0.15, 0.2) is 47.6 Å². The largest absolute Gasteiger partial charge is 0.497 e. The zero-order valence-corrected chi connectivity index (χ0v) is 17.0. The Morgan fingerprint density at radius 1 is 1.31 bits per heavy atom. The molecule has 1 saturated carbocycles. The van der Waals surface area contributed by atoms with Gasteiger partial charge >= 0.3 is 0 Å². The Bertz CT molecular complexity index is 866. The van der Waals surface area contributed by atoms with E-state index in [-0.39, 0.29) is 17.3 Å². The van der Waals surface area contributed by atoms with E-state index < -0.39 is 0 Å². The van der Waals surface area contributed by atoms with Crippen LogP contribution in [0.4, 0.5) is 10.2 Å². The molecule has 154 valence electrons. The first kappa shape index (κ1) is 19.5. The van der Waals surface area contributed by atoms with Gasteiger partial charge in [-0.25, -0.2) is 9.37 Å². The highest BCUT2D eigenvalue weighted by Crippen LogP contribution is 2.47. The minimum Gasteiger partial charge on any atom is -0.497 e. The number of halogens is 1. The quantitative estimate of drug-likeness (QED) is 0.580. The summed E-state index contributed by atoms with van der Waals surface area (Å²) < 4.78 is 19.3. The lowest BCUT2D eigenvalue weighted by Gasteiger charge is -2.22. The van der Waals surface area contributed by atoms with Crippen molar-refractivity contribution in [3.05, 3.63) is 54.0 Å². The van der Waals surface area contributed by atoms with E-state index in [0.717, 1.165) is 31.2 Å². The molecule has 2 fully saturated rings. The molecule has 2 aromatic rings. The number of ether oxygens (including phenoxy) is 1. The molecule has 1 aliphatic carbocycles. The van der Waals surface area contributed by atoms with Crippen molar-refractivity contribution in [2.24, 2.45) is 4.99 Å². The van der Waals surface area contributed by atoms with E-state index >= 15 is 0 Å². The molecule has 7 heteroatoms. The van der Waals surface area contributed by atoms with Crippen LogP contribution in [0, 0.1) is 5.82 Å². The van der Waals surface area contributed by atoms with Crippen molar-refractivity contribution in [1.82, 2.24) is 15.6 Å². The number of rotatable bonds is 6. The SMILES string of the molecule is CN=C(NCC1(c2ccc(OC)cc2)CC1)NC1CCN(c2ncccc2F)C1. The van der Waals surface area contributed by atoms with Gasteiger partial charge in [0.05, 0.1) is 7.11 Å². The van der Waals surface area contributed by atoms with Gasteiger partial charge in [0.2, 0.25) is 0 Å². The monoisotopic (exact) mass is 397 g/mol. The number of aromatic nitrogens is 1. The zero-order chi connectivity index (χ0) is 20.3. The number of benzene rings is 1. The van der Waals surface area contributed by atoms with Gasteiger partial charge in [-0.2, -0.15) is 0 Å². The summed E-state index contributed by atoms with van der Waals surface area (Å²) in [5.74, 6) is 1.82. The topological polar surface area (TPSA) is 61.8 Å². The van der Waals surface area contributed by atoms with Crippen molar-refractivity contribution in [2.45, 2.75) is 30.7 Å². The van der Waals surface area contributed by atoms with Gasteiger partial charge in [-0.3, -0.25) is 4.99 Å². The second-order valence-electron chi connectivity index (χ2n) is 7.82. The van der Waals surface area contributed by atoms with Crippen LogP contribution >= 0.6 is 0 Å². The minimum absolute atomic E-state index is 0.169. The van der Waals surface area contributed by atoms with E-state index in [1.54, 1.807) is 26.4 Å². The fourth-order valence-corrected chi connectivity index (χ4v) is 3.98. The number of pyridine rings is 1.